The lowest BCUT2D eigenvalue weighted by molar-refractivity contribution is 0.328. The molecule has 5 nitrogen and oxygen atoms in total. The first-order valence-corrected chi connectivity index (χ1v) is 6.58. The van der Waals surface area contributed by atoms with Crippen molar-refractivity contribution in [3.63, 3.8) is 0 Å². The highest BCUT2D eigenvalue weighted by atomic mass is 16.5. The van der Waals surface area contributed by atoms with Gasteiger partial charge in [-0.15, -0.1) is 0 Å². The minimum atomic E-state index is 0.326. The fraction of sp³-hybridized carbons (Fsp3) is 0.692. The lowest BCUT2D eigenvalue weighted by Crippen LogP contribution is -2.20. The van der Waals surface area contributed by atoms with Crippen molar-refractivity contribution < 1.29 is 4.74 Å². The molecule has 0 aromatic carbocycles. The lowest BCUT2D eigenvalue weighted by atomic mass is 10.0. The van der Waals surface area contributed by atoms with E-state index in [-0.39, 0.29) is 0 Å². The Kier molecular flexibility index (Phi) is 5.68. The van der Waals surface area contributed by atoms with Crippen molar-refractivity contribution in [1.82, 2.24) is 9.97 Å². The first kappa shape index (κ1) is 14.5. The van der Waals surface area contributed by atoms with E-state index in [1.807, 2.05) is 6.92 Å². The van der Waals surface area contributed by atoms with Gasteiger partial charge in [-0.1, -0.05) is 20.3 Å². The number of aromatic nitrogens is 2. The Morgan fingerprint density at radius 1 is 1.33 bits per heavy atom. The van der Waals surface area contributed by atoms with Gasteiger partial charge in [0, 0.05) is 6.04 Å². The smallest absolute Gasteiger partial charge is 0.242 e. The molecule has 102 valence electrons. The molecule has 1 aromatic rings. The number of hydrogen-bond acceptors (Lipinski definition) is 5. The van der Waals surface area contributed by atoms with Crippen molar-refractivity contribution in [3.8, 4) is 5.88 Å². The number of anilines is 2. The number of hydrogen-bond donors (Lipinski definition) is 2. The van der Waals surface area contributed by atoms with Crippen molar-refractivity contribution in [3.05, 3.63) is 6.33 Å². The van der Waals surface area contributed by atoms with E-state index in [1.54, 1.807) is 0 Å². The van der Waals surface area contributed by atoms with Crippen LogP contribution in [-0.2, 0) is 0 Å². The van der Waals surface area contributed by atoms with Gasteiger partial charge in [0.05, 0.1) is 6.61 Å². The summed E-state index contributed by atoms with van der Waals surface area (Å²) in [7, 11) is 0. The van der Waals surface area contributed by atoms with Crippen molar-refractivity contribution in [2.24, 2.45) is 5.92 Å². The van der Waals surface area contributed by atoms with E-state index >= 15 is 0 Å². The first-order valence-electron chi connectivity index (χ1n) is 6.58. The second-order valence-corrected chi connectivity index (χ2v) is 4.67. The Balaban J connectivity index is 2.69. The van der Waals surface area contributed by atoms with Crippen molar-refractivity contribution >= 4 is 11.5 Å². The molecular formula is C13H24N4O. The molecule has 2 atom stereocenters. The summed E-state index contributed by atoms with van der Waals surface area (Å²) >= 11 is 0. The average Bonchev–Trinajstić information content (AvgIpc) is 2.34. The fourth-order valence-corrected chi connectivity index (χ4v) is 1.81. The molecule has 0 aliphatic rings. The van der Waals surface area contributed by atoms with Gasteiger partial charge in [0.25, 0.3) is 0 Å². The molecule has 0 aliphatic heterocycles. The van der Waals surface area contributed by atoms with Crippen LogP contribution in [0.15, 0.2) is 6.33 Å². The summed E-state index contributed by atoms with van der Waals surface area (Å²) in [5, 5.41) is 3.32. The monoisotopic (exact) mass is 252 g/mol. The third kappa shape index (κ3) is 4.05. The van der Waals surface area contributed by atoms with Crippen LogP contribution >= 0.6 is 0 Å². The molecule has 1 heterocycles. The fourth-order valence-electron chi connectivity index (χ4n) is 1.81. The van der Waals surface area contributed by atoms with Gasteiger partial charge in [-0.25, -0.2) is 4.98 Å². The zero-order valence-corrected chi connectivity index (χ0v) is 11.7. The Morgan fingerprint density at radius 3 is 2.67 bits per heavy atom. The molecule has 0 saturated carbocycles. The second kappa shape index (κ2) is 7.03. The summed E-state index contributed by atoms with van der Waals surface area (Å²) in [6, 6.07) is 0.326. The summed E-state index contributed by atoms with van der Waals surface area (Å²) < 4.78 is 5.35. The van der Waals surface area contributed by atoms with Gasteiger partial charge >= 0.3 is 0 Å². The molecule has 1 aromatic heterocycles. The molecule has 3 N–H and O–H groups in total. The lowest BCUT2D eigenvalue weighted by Gasteiger charge is -2.19. The van der Waals surface area contributed by atoms with Gasteiger partial charge in [0.15, 0.2) is 5.82 Å². The standard InChI is InChI=1S/C13H24N4O/c1-5-9(3)7-10(4)17-12-11(14)13(18-6-2)16-8-15-12/h8-10H,5-7,14H2,1-4H3,(H,15,16,17). The van der Waals surface area contributed by atoms with Crippen LogP contribution < -0.4 is 15.8 Å². The van der Waals surface area contributed by atoms with Gasteiger partial charge in [-0.2, -0.15) is 4.98 Å². The highest BCUT2D eigenvalue weighted by Gasteiger charge is 2.12. The van der Waals surface area contributed by atoms with Gasteiger partial charge in [-0.05, 0) is 26.2 Å². The molecular weight excluding hydrogens is 228 g/mol. The van der Waals surface area contributed by atoms with Crippen molar-refractivity contribution in [2.45, 2.75) is 46.6 Å². The van der Waals surface area contributed by atoms with E-state index in [2.05, 4.69) is 36.1 Å². The van der Waals surface area contributed by atoms with Gasteiger partial charge in [0.2, 0.25) is 5.88 Å². The van der Waals surface area contributed by atoms with Crippen molar-refractivity contribution in [2.75, 3.05) is 17.7 Å². The predicted octanol–water partition coefficient (Wildman–Crippen LogP) is 2.69. The number of nitrogen functional groups attached to an aromatic ring is 1. The van der Waals surface area contributed by atoms with E-state index in [4.69, 9.17) is 10.5 Å². The van der Waals surface area contributed by atoms with E-state index in [0.29, 0.717) is 36.0 Å². The van der Waals surface area contributed by atoms with Gasteiger partial charge < -0.3 is 15.8 Å². The van der Waals surface area contributed by atoms with Crippen LogP contribution in [0.1, 0.15) is 40.5 Å². The quantitative estimate of drug-likeness (QED) is 0.780. The Morgan fingerprint density at radius 2 is 2.06 bits per heavy atom. The highest BCUT2D eigenvalue weighted by molar-refractivity contribution is 5.66. The van der Waals surface area contributed by atoms with Crippen LogP contribution in [0.4, 0.5) is 11.5 Å². The summed E-state index contributed by atoms with van der Waals surface area (Å²) in [4.78, 5) is 8.18. The summed E-state index contributed by atoms with van der Waals surface area (Å²) in [5.41, 5.74) is 6.45. The van der Waals surface area contributed by atoms with Crippen LogP contribution in [0.3, 0.4) is 0 Å². The number of rotatable bonds is 7. The van der Waals surface area contributed by atoms with Gasteiger partial charge in [0.1, 0.15) is 12.0 Å². The maximum Gasteiger partial charge on any atom is 0.242 e. The van der Waals surface area contributed by atoms with Crippen molar-refractivity contribution in [1.29, 1.82) is 0 Å². The Hall–Kier alpha value is -1.52. The number of nitrogens with two attached hydrogens (primary N) is 1. The van der Waals surface area contributed by atoms with Gasteiger partial charge in [-0.3, -0.25) is 0 Å². The number of ether oxygens (including phenoxy) is 1. The third-order valence-electron chi connectivity index (χ3n) is 2.96. The molecule has 18 heavy (non-hydrogen) atoms. The minimum Gasteiger partial charge on any atom is -0.476 e. The second-order valence-electron chi connectivity index (χ2n) is 4.67. The van der Waals surface area contributed by atoms with Crippen LogP contribution in [0.5, 0.6) is 5.88 Å². The molecule has 0 spiro atoms. The Labute approximate surface area is 109 Å². The maximum atomic E-state index is 5.97. The maximum absolute atomic E-state index is 5.97. The number of nitrogens with zero attached hydrogens (tertiary/aromatic N) is 2. The normalized spacial score (nSPS) is 14.0. The van der Waals surface area contributed by atoms with E-state index in [1.165, 1.54) is 12.7 Å². The average molecular weight is 252 g/mol. The topological polar surface area (TPSA) is 73.1 Å². The molecule has 2 unspecified atom stereocenters. The molecule has 0 saturated heterocycles. The first-order chi connectivity index (χ1) is 8.58. The molecule has 5 heteroatoms. The van der Waals surface area contributed by atoms with E-state index in [9.17, 15) is 0 Å². The summed E-state index contributed by atoms with van der Waals surface area (Å²) in [5.74, 6) is 1.79. The van der Waals surface area contributed by atoms with E-state index < -0.39 is 0 Å². The minimum absolute atomic E-state index is 0.326. The van der Waals surface area contributed by atoms with Crippen LogP contribution in [0.25, 0.3) is 0 Å². The molecule has 0 bridgehead atoms. The molecule has 0 amide bonds. The highest BCUT2D eigenvalue weighted by Crippen LogP contribution is 2.25. The van der Waals surface area contributed by atoms with Crippen LogP contribution in [0.2, 0.25) is 0 Å². The Bertz CT molecular complexity index is 370. The summed E-state index contributed by atoms with van der Waals surface area (Å²) in [6.45, 7) is 9.02. The molecule has 0 radical (unpaired) electrons. The van der Waals surface area contributed by atoms with Crippen LogP contribution in [0, 0.1) is 5.92 Å². The zero-order chi connectivity index (χ0) is 13.5. The number of nitrogens with one attached hydrogen (secondary N) is 1. The largest absolute Gasteiger partial charge is 0.476 e. The molecule has 1 rings (SSSR count). The summed E-state index contributed by atoms with van der Waals surface area (Å²) in [6.07, 6.45) is 3.74. The molecule has 0 fully saturated rings. The third-order valence-corrected chi connectivity index (χ3v) is 2.96. The van der Waals surface area contributed by atoms with Crippen LogP contribution in [-0.4, -0.2) is 22.6 Å². The SMILES string of the molecule is CCOc1ncnc(NC(C)CC(C)CC)c1N. The molecule has 0 aliphatic carbocycles. The predicted molar refractivity (Wildman–Crippen MR) is 74.8 cm³/mol. The zero-order valence-electron chi connectivity index (χ0n) is 11.7. The van der Waals surface area contributed by atoms with E-state index in [0.717, 1.165) is 6.42 Å².